The summed E-state index contributed by atoms with van der Waals surface area (Å²) in [6.07, 6.45) is 1.45. The molecule has 0 fully saturated rings. The zero-order valence-corrected chi connectivity index (χ0v) is 15.1. The van der Waals surface area contributed by atoms with E-state index in [0.717, 1.165) is 6.07 Å². The van der Waals surface area contributed by atoms with Crippen LogP contribution in [0.1, 0.15) is 5.56 Å². The average Bonchev–Trinajstić information content (AvgIpc) is 3.00. The number of hydrogen-bond donors (Lipinski definition) is 1. The number of aryl methyl sites for hydroxylation is 2. The number of aromatic nitrogens is 3. The van der Waals surface area contributed by atoms with E-state index >= 15 is 0 Å². The molecule has 1 N–H and O–H groups in total. The highest BCUT2D eigenvalue weighted by molar-refractivity contribution is 7.92. The molecule has 0 amide bonds. The summed E-state index contributed by atoms with van der Waals surface area (Å²) in [6.45, 7) is 1.33. The number of sulfonamides is 1. The number of anilines is 1. The van der Waals surface area contributed by atoms with Crippen LogP contribution in [0, 0.1) is 22.9 Å². The van der Waals surface area contributed by atoms with Crippen molar-refractivity contribution in [2.75, 3.05) is 4.72 Å². The zero-order valence-electron chi connectivity index (χ0n) is 14.2. The molecular formula is C16H14FN5O4S. The van der Waals surface area contributed by atoms with E-state index in [1.165, 1.54) is 19.3 Å². The van der Waals surface area contributed by atoms with Crippen LogP contribution >= 0.6 is 0 Å². The Labute approximate surface area is 153 Å². The summed E-state index contributed by atoms with van der Waals surface area (Å²) in [7, 11) is -2.75. The number of nitro benzene ring substituents is 1. The molecule has 0 radical (unpaired) electrons. The molecule has 0 atom stereocenters. The van der Waals surface area contributed by atoms with Gasteiger partial charge in [-0.15, -0.1) is 10.2 Å². The lowest BCUT2D eigenvalue weighted by molar-refractivity contribution is -0.385. The summed E-state index contributed by atoms with van der Waals surface area (Å²) < 4.78 is 43.5. The Hall–Kier alpha value is -3.34. The lowest BCUT2D eigenvalue weighted by Crippen LogP contribution is -2.16. The summed E-state index contributed by atoms with van der Waals surface area (Å²) in [5, 5.41) is 18.7. The lowest BCUT2D eigenvalue weighted by Gasteiger charge is -2.13. The molecule has 1 heterocycles. The molecule has 9 nitrogen and oxygen atoms in total. The molecule has 27 heavy (non-hydrogen) atoms. The Morgan fingerprint density at radius 2 is 1.96 bits per heavy atom. The van der Waals surface area contributed by atoms with Gasteiger partial charge in [0.25, 0.3) is 15.7 Å². The van der Waals surface area contributed by atoms with E-state index in [0.29, 0.717) is 17.5 Å². The van der Waals surface area contributed by atoms with Gasteiger partial charge in [-0.05, 0) is 25.1 Å². The van der Waals surface area contributed by atoms with Crippen molar-refractivity contribution in [1.82, 2.24) is 14.8 Å². The van der Waals surface area contributed by atoms with Crippen LogP contribution in [0.15, 0.2) is 47.6 Å². The summed E-state index contributed by atoms with van der Waals surface area (Å²) in [5.41, 5.74) is 0.0913. The van der Waals surface area contributed by atoms with Crippen molar-refractivity contribution in [3.8, 4) is 11.4 Å². The number of rotatable bonds is 5. The van der Waals surface area contributed by atoms with Crippen molar-refractivity contribution in [3.63, 3.8) is 0 Å². The minimum Gasteiger partial charge on any atom is -0.317 e. The smallest absolute Gasteiger partial charge is 0.273 e. The van der Waals surface area contributed by atoms with E-state index in [2.05, 4.69) is 14.9 Å². The number of halogens is 1. The number of para-hydroxylation sites is 1. The molecule has 1 aromatic heterocycles. The fourth-order valence-electron chi connectivity index (χ4n) is 2.54. The largest absolute Gasteiger partial charge is 0.317 e. The molecule has 3 rings (SSSR count). The SMILES string of the molecule is Cc1cc(F)c(S(=O)(=O)Nc2ccccc2-c2nncn2C)cc1[N+](=O)[O-]. The Bertz CT molecular complexity index is 1140. The van der Waals surface area contributed by atoms with Gasteiger partial charge < -0.3 is 4.57 Å². The van der Waals surface area contributed by atoms with Crippen molar-refractivity contribution in [3.05, 3.63) is 64.2 Å². The maximum atomic E-state index is 14.3. The first kappa shape index (κ1) is 18.5. The topological polar surface area (TPSA) is 120 Å². The predicted octanol–water partition coefficient (Wildman–Crippen LogP) is 2.64. The number of nitrogens with zero attached hydrogens (tertiary/aromatic N) is 4. The van der Waals surface area contributed by atoms with Crippen molar-refractivity contribution in [2.45, 2.75) is 11.8 Å². The molecule has 11 heteroatoms. The third-order valence-electron chi connectivity index (χ3n) is 3.86. The van der Waals surface area contributed by atoms with Gasteiger partial charge in [-0.25, -0.2) is 12.8 Å². The third kappa shape index (κ3) is 3.49. The van der Waals surface area contributed by atoms with Gasteiger partial charge in [0.1, 0.15) is 17.0 Å². The minimum atomic E-state index is -4.43. The first-order valence-corrected chi connectivity index (χ1v) is 9.10. The van der Waals surface area contributed by atoms with Crippen LogP contribution in [-0.4, -0.2) is 28.1 Å². The molecule has 0 saturated heterocycles. The van der Waals surface area contributed by atoms with Gasteiger partial charge in [0, 0.05) is 24.2 Å². The fourth-order valence-corrected chi connectivity index (χ4v) is 3.70. The summed E-state index contributed by atoms with van der Waals surface area (Å²) in [4.78, 5) is 9.49. The van der Waals surface area contributed by atoms with Gasteiger partial charge in [0.05, 0.1) is 10.6 Å². The van der Waals surface area contributed by atoms with Gasteiger partial charge in [-0.3, -0.25) is 14.8 Å². The van der Waals surface area contributed by atoms with Gasteiger partial charge in [-0.2, -0.15) is 0 Å². The molecule has 0 bridgehead atoms. The minimum absolute atomic E-state index is 0.0240. The van der Waals surface area contributed by atoms with E-state index in [-0.39, 0.29) is 11.3 Å². The zero-order chi connectivity index (χ0) is 19.8. The van der Waals surface area contributed by atoms with Crippen molar-refractivity contribution in [2.24, 2.45) is 7.05 Å². The van der Waals surface area contributed by atoms with Gasteiger partial charge in [-0.1, -0.05) is 12.1 Å². The van der Waals surface area contributed by atoms with E-state index < -0.39 is 31.3 Å². The lowest BCUT2D eigenvalue weighted by atomic mass is 10.2. The summed E-state index contributed by atoms with van der Waals surface area (Å²) >= 11 is 0. The molecule has 0 spiro atoms. The van der Waals surface area contributed by atoms with E-state index in [4.69, 9.17) is 0 Å². The maximum absolute atomic E-state index is 14.3. The van der Waals surface area contributed by atoms with Gasteiger partial charge in [0.15, 0.2) is 5.82 Å². The normalized spacial score (nSPS) is 11.4. The number of nitrogens with one attached hydrogen (secondary N) is 1. The second-order valence-electron chi connectivity index (χ2n) is 5.74. The molecule has 0 unspecified atom stereocenters. The van der Waals surface area contributed by atoms with Crippen LogP contribution in [0.4, 0.5) is 15.8 Å². The Morgan fingerprint density at radius 1 is 1.26 bits per heavy atom. The highest BCUT2D eigenvalue weighted by Crippen LogP contribution is 2.30. The number of nitro groups is 1. The van der Waals surface area contributed by atoms with E-state index in [1.54, 1.807) is 29.8 Å². The Morgan fingerprint density at radius 3 is 2.59 bits per heavy atom. The van der Waals surface area contributed by atoms with Crippen molar-refractivity contribution < 1.29 is 17.7 Å². The van der Waals surface area contributed by atoms with Crippen molar-refractivity contribution >= 4 is 21.4 Å². The highest BCUT2D eigenvalue weighted by Gasteiger charge is 2.26. The molecule has 0 aliphatic heterocycles. The van der Waals surface area contributed by atoms with Crippen LogP contribution in [0.25, 0.3) is 11.4 Å². The summed E-state index contributed by atoms with van der Waals surface area (Å²) in [6, 6.07) is 7.89. The molecule has 3 aromatic rings. The molecular weight excluding hydrogens is 377 g/mol. The molecule has 0 aliphatic carbocycles. The second kappa shape index (κ2) is 6.76. The second-order valence-corrected chi connectivity index (χ2v) is 7.39. The van der Waals surface area contributed by atoms with Crippen LogP contribution in [0.2, 0.25) is 0 Å². The van der Waals surface area contributed by atoms with Gasteiger partial charge >= 0.3 is 0 Å². The first-order chi connectivity index (χ1) is 12.7. The van der Waals surface area contributed by atoms with Crippen LogP contribution < -0.4 is 4.72 Å². The molecule has 0 saturated carbocycles. The van der Waals surface area contributed by atoms with Crippen LogP contribution in [-0.2, 0) is 17.1 Å². The first-order valence-electron chi connectivity index (χ1n) is 7.61. The highest BCUT2D eigenvalue weighted by atomic mass is 32.2. The quantitative estimate of drug-likeness (QED) is 0.527. The molecule has 2 aromatic carbocycles. The molecule has 0 aliphatic rings. The predicted molar refractivity (Wildman–Crippen MR) is 95.0 cm³/mol. The van der Waals surface area contributed by atoms with E-state index in [9.17, 15) is 22.9 Å². The standard InChI is InChI=1S/C16H14FN5O4S/c1-10-7-12(17)15(8-14(10)22(23)24)27(25,26)20-13-6-4-3-5-11(13)16-19-18-9-21(16)2/h3-9,20H,1-2H3. The monoisotopic (exact) mass is 391 g/mol. The van der Waals surface area contributed by atoms with E-state index in [1.807, 2.05) is 0 Å². The van der Waals surface area contributed by atoms with Gasteiger partial charge in [0.2, 0.25) is 0 Å². The third-order valence-corrected chi connectivity index (χ3v) is 5.24. The number of hydrogen-bond acceptors (Lipinski definition) is 6. The summed E-state index contributed by atoms with van der Waals surface area (Å²) in [5.74, 6) is -0.689. The number of benzene rings is 2. The van der Waals surface area contributed by atoms with Crippen molar-refractivity contribution in [1.29, 1.82) is 0 Å². The fraction of sp³-hybridized carbons (Fsp3) is 0.125. The maximum Gasteiger partial charge on any atom is 0.273 e. The van der Waals surface area contributed by atoms with Crippen LogP contribution in [0.3, 0.4) is 0 Å². The van der Waals surface area contributed by atoms with Crippen LogP contribution in [0.5, 0.6) is 0 Å². The average molecular weight is 391 g/mol. The Balaban J connectivity index is 2.08. The Kier molecular flexibility index (Phi) is 4.62. The molecule has 140 valence electrons.